The number of aryl methyl sites for hydroxylation is 2. The zero-order chi connectivity index (χ0) is 18.7. The lowest BCUT2D eigenvalue weighted by Crippen LogP contribution is -2.49. The van der Waals surface area contributed by atoms with E-state index in [4.69, 9.17) is 4.74 Å². The monoisotopic (exact) mass is 356 g/mol. The molecule has 1 aliphatic heterocycles. The van der Waals surface area contributed by atoms with E-state index in [-0.39, 0.29) is 5.91 Å². The fourth-order valence-corrected chi connectivity index (χ4v) is 3.39. The van der Waals surface area contributed by atoms with Crippen LogP contribution in [0.5, 0.6) is 0 Å². The Kier molecular flexibility index (Phi) is 5.37. The van der Waals surface area contributed by atoms with Gasteiger partial charge >= 0.3 is 5.97 Å². The number of H-pyrrole nitrogens is 1. The second-order valence-electron chi connectivity index (χ2n) is 6.78. The molecule has 0 unspecified atom stereocenters. The van der Waals surface area contributed by atoms with Crippen LogP contribution < -0.4 is 0 Å². The zero-order valence-corrected chi connectivity index (χ0v) is 15.4. The van der Waals surface area contributed by atoms with E-state index in [0.717, 1.165) is 17.7 Å². The molecular formula is C19H24N4O3. The van der Waals surface area contributed by atoms with Gasteiger partial charge < -0.3 is 9.64 Å². The second kappa shape index (κ2) is 7.70. The van der Waals surface area contributed by atoms with Crippen molar-refractivity contribution in [1.82, 2.24) is 20.0 Å². The molecule has 1 saturated heterocycles. The van der Waals surface area contributed by atoms with Crippen LogP contribution in [-0.2, 0) is 22.6 Å². The third kappa shape index (κ3) is 4.11. The van der Waals surface area contributed by atoms with Gasteiger partial charge in [-0.3, -0.25) is 14.8 Å². The highest BCUT2D eigenvalue weighted by molar-refractivity contribution is 5.88. The van der Waals surface area contributed by atoms with Crippen LogP contribution in [0.3, 0.4) is 0 Å². The van der Waals surface area contributed by atoms with E-state index in [1.54, 1.807) is 6.20 Å². The maximum Gasteiger partial charge on any atom is 0.356 e. The van der Waals surface area contributed by atoms with Crippen LogP contribution in [0.2, 0.25) is 0 Å². The van der Waals surface area contributed by atoms with Crippen molar-refractivity contribution in [2.75, 3.05) is 26.7 Å². The van der Waals surface area contributed by atoms with Crippen molar-refractivity contribution in [1.29, 1.82) is 0 Å². The molecule has 3 rings (SSSR count). The largest absolute Gasteiger partial charge is 0.464 e. The summed E-state index contributed by atoms with van der Waals surface area (Å²) in [4.78, 5) is 28.2. The molecule has 0 spiro atoms. The Bertz CT molecular complexity index is 795. The summed E-state index contributed by atoms with van der Waals surface area (Å²) in [5, 5.41) is 6.58. The minimum atomic E-state index is -0.447. The normalized spacial score (nSPS) is 15.3. The molecule has 2 aromatic rings. The van der Waals surface area contributed by atoms with E-state index in [1.165, 1.54) is 18.2 Å². The van der Waals surface area contributed by atoms with Crippen molar-refractivity contribution in [2.24, 2.45) is 0 Å². The topological polar surface area (TPSA) is 78.5 Å². The van der Waals surface area contributed by atoms with Crippen LogP contribution in [0.25, 0.3) is 0 Å². The fraction of sp³-hybridized carbons (Fsp3) is 0.421. The van der Waals surface area contributed by atoms with Crippen molar-refractivity contribution in [3.63, 3.8) is 0 Å². The summed E-state index contributed by atoms with van der Waals surface area (Å²) < 4.78 is 4.74. The molecule has 7 heteroatoms. The number of rotatable bonds is 5. The third-order valence-corrected chi connectivity index (χ3v) is 4.55. The number of carbonyl (C=O) groups excluding carboxylic acids is 2. The van der Waals surface area contributed by atoms with Crippen molar-refractivity contribution in [3.8, 4) is 0 Å². The van der Waals surface area contributed by atoms with Gasteiger partial charge in [0.1, 0.15) is 5.69 Å². The van der Waals surface area contributed by atoms with Crippen LogP contribution >= 0.6 is 0 Å². The molecule has 0 saturated carbocycles. The maximum absolute atomic E-state index is 12.6. The first-order valence-electron chi connectivity index (χ1n) is 8.64. The van der Waals surface area contributed by atoms with E-state index in [9.17, 15) is 9.59 Å². The number of nitrogens with zero attached hydrogens (tertiary/aromatic N) is 3. The number of methoxy groups -OCH3 is 1. The van der Waals surface area contributed by atoms with Gasteiger partial charge in [-0.2, -0.15) is 5.10 Å². The van der Waals surface area contributed by atoms with Gasteiger partial charge in [0.15, 0.2) is 0 Å². The molecule has 1 aromatic carbocycles. The first-order chi connectivity index (χ1) is 12.5. The number of nitrogens with one attached hydrogen (secondary N) is 1. The Morgan fingerprint density at radius 3 is 2.58 bits per heavy atom. The highest BCUT2D eigenvalue weighted by atomic mass is 16.5. The lowest BCUT2D eigenvalue weighted by molar-refractivity contribution is -0.136. The first-order valence-corrected chi connectivity index (χ1v) is 8.64. The molecule has 1 fully saturated rings. The van der Waals surface area contributed by atoms with Crippen molar-refractivity contribution in [3.05, 3.63) is 52.3 Å². The lowest BCUT2D eigenvalue weighted by atomic mass is 10.1. The predicted molar refractivity (Wildman–Crippen MR) is 96.5 cm³/mol. The van der Waals surface area contributed by atoms with Gasteiger partial charge in [-0.25, -0.2) is 4.79 Å². The standard InChI is InChI=1S/C19H24N4O3/c1-13-6-14(2)8-15(7-13)10-23-5-4-22(12-17(23)24)11-16-9-20-21-18(16)19(25)26-3/h6-9H,4-5,10-12H2,1-3H3,(H,20,21). The SMILES string of the molecule is COC(=O)c1[nH]ncc1CN1CCN(Cc2cc(C)cc(C)c2)C(=O)C1. The quantitative estimate of drug-likeness (QED) is 0.825. The molecular weight excluding hydrogens is 332 g/mol. The average Bonchev–Trinajstić information content (AvgIpc) is 3.04. The van der Waals surface area contributed by atoms with Crippen LogP contribution in [-0.4, -0.2) is 58.6 Å². The molecule has 1 N–H and O–H groups in total. The van der Waals surface area contributed by atoms with Crippen LogP contribution in [0.15, 0.2) is 24.4 Å². The minimum absolute atomic E-state index is 0.0959. The number of amides is 1. The van der Waals surface area contributed by atoms with Gasteiger partial charge in [0.25, 0.3) is 0 Å². The molecule has 1 aromatic heterocycles. The molecule has 1 aliphatic rings. The van der Waals surface area contributed by atoms with E-state index in [2.05, 4.69) is 42.2 Å². The van der Waals surface area contributed by atoms with Crippen molar-refractivity contribution in [2.45, 2.75) is 26.9 Å². The number of esters is 1. The van der Waals surface area contributed by atoms with E-state index >= 15 is 0 Å². The number of benzene rings is 1. The molecule has 26 heavy (non-hydrogen) atoms. The number of hydrogen-bond donors (Lipinski definition) is 1. The summed E-state index contributed by atoms with van der Waals surface area (Å²) in [6.45, 7) is 7.01. The Balaban J connectivity index is 1.61. The molecule has 7 nitrogen and oxygen atoms in total. The smallest absolute Gasteiger partial charge is 0.356 e. The highest BCUT2D eigenvalue weighted by Gasteiger charge is 2.26. The van der Waals surface area contributed by atoms with E-state index in [0.29, 0.717) is 31.9 Å². The minimum Gasteiger partial charge on any atom is -0.464 e. The number of hydrogen-bond acceptors (Lipinski definition) is 5. The Morgan fingerprint density at radius 2 is 1.92 bits per heavy atom. The van der Waals surface area contributed by atoms with Crippen LogP contribution in [0, 0.1) is 13.8 Å². The zero-order valence-electron chi connectivity index (χ0n) is 15.4. The lowest BCUT2D eigenvalue weighted by Gasteiger charge is -2.34. The summed E-state index contributed by atoms with van der Waals surface area (Å²) in [6.07, 6.45) is 1.61. The van der Waals surface area contributed by atoms with Crippen LogP contribution in [0.1, 0.15) is 32.7 Å². The molecule has 2 heterocycles. The molecule has 0 atom stereocenters. The molecule has 138 valence electrons. The summed E-state index contributed by atoms with van der Waals surface area (Å²) in [7, 11) is 1.34. The van der Waals surface area contributed by atoms with Crippen LogP contribution in [0.4, 0.5) is 0 Å². The average molecular weight is 356 g/mol. The van der Waals surface area contributed by atoms with E-state index in [1.807, 2.05) is 9.80 Å². The fourth-order valence-electron chi connectivity index (χ4n) is 3.39. The number of aromatic amines is 1. The van der Waals surface area contributed by atoms with Crippen molar-refractivity contribution < 1.29 is 14.3 Å². The molecule has 0 radical (unpaired) electrons. The highest BCUT2D eigenvalue weighted by Crippen LogP contribution is 2.16. The molecule has 1 amide bonds. The summed E-state index contributed by atoms with van der Waals surface area (Å²) >= 11 is 0. The maximum atomic E-state index is 12.6. The Morgan fingerprint density at radius 1 is 1.19 bits per heavy atom. The van der Waals surface area contributed by atoms with Gasteiger partial charge in [-0.05, 0) is 19.4 Å². The summed E-state index contributed by atoms with van der Waals surface area (Å²) in [5.74, 6) is -0.351. The Hall–Kier alpha value is -2.67. The third-order valence-electron chi connectivity index (χ3n) is 4.55. The molecule has 0 bridgehead atoms. The predicted octanol–water partition coefficient (Wildman–Crippen LogP) is 1.66. The number of carbonyl (C=O) groups is 2. The summed E-state index contributed by atoms with van der Waals surface area (Å²) in [6, 6.07) is 6.38. The van der Waals surface area contributed by atoms with Gasteiger partial charge in [0.2, 0.25) is 5.91 Å². The van der Waals surface area contributed by atoms with Gasteiger partial charge in [0.05, 0.1) is 19.9 Å². The number of aromatic nitrogens is 2. The van der Waals surface area contributed by atoms with Gasteiger partial charge in [-0.15, -0.1) is 0 Å². The molecule has 0 aliphatic carbocycles. The van der Waals surface area contributed by atoms with Crippen molar-refractivity contribution >= 4 is 11.9 Å². The number of piperazine rings is 1. The van der Waals surface area contributed by atoms with Gasteiger partial charge in [-0.1, -0.05) is 29.3 Å². The van der Waals surface area contributed by atoms with E-state index < -0.39 is 5.97 Å². The number of ether oxygens (including phenoxy) is 1. The summed E-state index contributed by atoms with van der Waals surface area (Å²) in [5.41, 5.74) is 4.67. The second-order valence-corrected chi connectivity index (χ2v) is 6.78. The van der Waals surface area contributed by atoms with Gasteiger partial charge in [0, 0.05) is 31.7 Å². The first kappa shape index (κ1) is 18.1. The Labute approximate surface area is 152 Å².